The normalized spacial score (nSPS) is 21.0. The molecule has 0 aromatic heterocycles. The first-order valence-electron chi connectivity index (χ1n) is 10.3. The van der Waals surface area contributed by atoms with Crippen LogP contribution in [0.3, 0.4) is 0 Å². The zero-order valence-corrected chi connectivity index (χ0v) is 16.5. The van der Waals surface area contributed by atoms with Gasteiger partial charge in [0.15, 0.2) is 5.96 Å². The van der Waals surface area contributed by atoms with Crippen LogP contribution in [0.4, 0.5) is 8.78 Å². The molecule has 1 unspecified atom stereocenters. The van der Waals surface area contributed by atoms with Crippen molar-refractivity contribution in [1.29, 1.82) is 0 Å². The molecule has 1 saturated heterocycles. The number of aliphatic imine (C=N–C) groups is 1. The molecule has 7 heteroatoms. The van der Waals surface area contributed by atoms with Crippen LogP contribution in [0.1, 0.15) is 44.1 Å². The van der Waals surface area contributed by atoms with E-state index in [1.807, 2.05) is 4.90 Å². The zero-order valence-electron chi connectivity index (χ0n) is 16.5. The highest BCUT2D eigenvalue weighted by molar-refractivity contribution is 5.81. The van der Waals surface area contributed by atoms with Crippen molar-refractivity contribution < 1.29 is 13.6 Å². The van der Waals surface area contributed by atoms with Gasteiger partial charge in [-0.25, -0.2) is 8.78 Å². The summed E-state index contributed by atoms with van der Waals surface area (Å²) in [6.07, 6.45) is 6.95. The fourth-order valence-electron chi connectivity index (χ4n) is 4.11. The molecule has 2 N–H and O–H groups in total. The quantitative estimate of drug-likeness (QED) is 0.599. The molecule has 1 aliphatic heterocycles. The van der Waals surface area contributed by atoms with E-state index in [-0.39, 0.29) is 12.0 Å². The highest BCUT2D eigenvalue weighted by Gasteiger charge is 2.31. The van der Waals surface area contributed by atoms with E-state index in [1.54, 1.807) is 7.05 Å². The molecule has 1 heterocycles. The van der Waals surface area contributed by atoms with Gasteiger partial charge in [0.25, 0.3) is 0 Å². The summed E-state index contributed by atoms with van der Waals surface area (Å²) in [4.78, 5) is 18.9. The number of hydrogen-bond acceptors (Lipinski definition) is 2. The predicted octanol–water partition coefficient (Wildman–Crippen LogP) is 2.85. The number of hydrogen-bond donors (Lipinski definition) is 2. The van der Waals surface area contributed by atoms with Gasteiger partial charge in [0.05, 0.1) is 0 Å². The molecule has 1 atom stereocenters. The van der Waals surface area contributed by atoms with Crippen molar-refractivity contribution in [2.24, 2.45) is 10.9 Å². The number of guanidine groups is 1. The number of carbonyl (C=O) groups is 1. The van der Waals surface area contributed by atoms with E-state index in [2.05, 4.69) is 15.6 Å². The number of amides is 1. The van der Waals surface area contributed by atoms with E-state index in [9.17, 15) is 13.6 Å². The van der Waals surface area contributed by atoms with Gasteiger partial charge in [-0.15, -0.1) is 0 Å². The van der Waals surface area contributed by atoms with Crippen LogP contribution in [0, 0.1) is 17.6 Å². The van der Waals surface area contributed by atoms with Gasteiger partial charge < -0.3 is 15.5 Å². The molecule has 28 heavy (non-hydrogen) atoms. The predicted molar refractivity (Wildman–Crippen MR) is 106 cm³/mol. The summed E-state index contributed by atoms with van der Waals surface area (Å²) in [5.41, 5.74) is 0.467. The second-order valence-electron chi connectivity index (χ2n) is 7.73. The molecule has 1 saturated carbocycles. The number of halogens is 2. The van der Waals surface area contributed by atoms with Gasteiger partial charge in [-0.2, -0.15) is 0 Å². The first-order chi connectivity index (χ1) is 13.6. The molecule has 0 spiro atoms. The highest BCUT2D eigenvalue weighted by Crippen LogP contribution is 2.26. The van der Waals surface area contributed by atoms with E-state index < -0.39 is 11.6 Å². The molecule has 1 aromatic carbocycles. The second-order valence-corrected chi connectivity index (χ2v) is 7.73. The minimum atomic E-state index is -0.569. The lowest BCUT2D eigenvalue weighted by Crippen LogP contribution is -2.46. The summed E-state index contributed by atoms with van der Waals surface area (Å²) < 4.78 is 26.7. The summed E-state index contributed by atoms with van der Waals surface area (Å²) in [6, 6.07) is 3.80. The molecule has 0 radical (unpaired) electrons. The number of nitrogens with zero attached hydrogens (tertiary/aromatic N) is 2. The van der Waals surface area contributed by atoms with Crippen LogP contribution in [-0.4, -0.2) is 49.5 Å². The van der Waals surface area contributed by atoms with Crippen molar-refractivity contribution in [3.8, 4) is 0 Å². The molecule has 1 aromatic rings. The molecule has 1 amide bonds. The Kier molecular flexibility index (Phi) is 7.23. The molecule has 5 nitrogen and oxygen atoms in total. The summed E-state index contributed by atoms with van der Waals surface area (Å²) in [5.74, 6) is 0.0476. The summed E-state index contributed by atoms with van der Waals surface area (Å²) in [7, 11) is 1.69. The van der Waals surface area contributed by atoms with E-state index in [0.717, 1.165) is 44.7 Å². The van der Waals surface area contributed by atoms with Crippen LogP contribution >= 0.6 is 0 Å². The van der Waals surface area contributed by atoms with Crippen LogP contribution in [0.25, 0.3) is 0 Å². The molecule has 154 valence electrons. The standard InChI is InChI=1S/C21H30F2N4O/c1-24-21(25-11-9-15-7-8-17(22)13-19(15)23)26-18-10-12-27(14-18)20(28)16-5-3-2-4-6-16/h7-8,13,16,18H,2-6,9-12,14H2,1H3,(H2,24,25,26). The lowest BCUT2D eigenvalue weighted by molar-refractivity contribution is -0.135. The van der Waals surface area contributed by atoms with Crippen molar-refractivity contribution >= 4 is 11.9 Å². The van der Waals surface area contributed by atoms with Gasteiger partial charge in [-0.05, 0) is 37.3 Å². The minimum absolute atomic E-state index is 0.168. The first kappa shape index (κ1) is 20.6. The fraction of sp³-hybridized carbons (Fsp3) is 0.619. The smallest absolute Gasteiger partial charge is 0.225 e. The third-order valence-electron chi connectivity index (χ3n) is 5.72. The lowest BCUT2D eigenvalue weighted by Gasteiger charge is -2.26. The van der Waals surface area contributed by atoms with Crippen LogP contribution in [0.2, 0.25) is 0 Å². The van der Waals surface area contributed by atoms with E-state index >= 15 is 0 Å². The van der Waals surface area contributed by atoms with Crippen LogP contribution in [0.5, 0.6) is 0 Å². The Bertz CT molecular complexity index is 704. The summed E-state index contributed by atoms with van der Waals surface area (Å²) in [6.45, 7) is 1.97. The van der Waals surface area contributed by atoms with E-state index in [1.165, 1.54) is 18.6 Å². The van der Waals surface area contributed by atoms with Crippen LogP contribution < -0.4 is 10.6 Å². The summed E-state index contributed by atoms with van der Waals surface area (Å²) >= 11 is 0. The molecule has 3 rings (SSSR count). The minimum Gasteiger partial charge on any atom is -0.356 e. The Hall–Kier alpha value is -2.18. The number of nitrogens with one attached hydrogen (secondary N) is 2. The summed E-state index contributed by atoms with van der Waals surface area (Å²) in [5, 5.41) is 6.52. The molecular weight excluding hydrogens is 362 g/mol. The van der Waals surface area contributed by atoms with Crippen molar-refractivity contribution in [1.82, 2.24) is 15.5 Å². The van der Waals surface area contributed by atoms with Crippen LogP contribution in [-0.2, 0) is 11.2 Å². The number of benzene rings is 1. The third kappa shape index (κ3) is 5.42. The van der Waals surface area contributed by atoms with E-state index in [4.69, 9.17) is 0 Å². The van der Waals surface area contributed by atoms with Gasteiger partial charge >= 0.3 is 0 Å². The topological polar surface area (TPSA) is 56.7 Å². The Morgan fingerprint density at radius 2 is 2.00 bits per heavy atom. The van der Waals surface area contributed by atoms with Crippen molar-refractivity contribution in [3.05, 3.63) is 35.4 Å². The molecule has 0 bridgehead atoms. The van der Waals surface area contributed by atoms with Crippen molar-refractivity contribution in [2.45, 2.75) is 51.0 Å². The molecule has 2 aliphatic rings. The van der Waals surface area contributed by atoms with Gasteiger partial charge in [0.1, 0.15) is 11.6 Å². The van der Waals surface area contributed by atoms with Gasteiger partial charge in [-0.3, -0.25) is 9.79 Å². The lowest BCUT2D eigenvalue weighted by atomic mass is 9.88. The monoisotopic (exact) mass is 392 g/mol. The Balaban J connectivity index is 1.43. The average Bonchev–Trinajstić information content (AvgIpc) is 3.17. The van der Waals surface area contributed by atoms with Gasteiger partial charge in [-0.1, -0.05) is 25.3 Å². The number of carbonyl (C=O) groups excluding carboxylic acids is 1. The number of likely N-dealkylation sites (tertiary alicyclic amines) is 1. The van der Waals surface area contributed by atoms with Crippen molar-refractivity contribution in [2.75, 3.05) is 26.7 Å². The molecular formula is C21H30F2N4O. The fourth-order valence-corrected chi connectivity index (χ4v) is 4.11. The highest BCUT2D eigenvalue weighted by atomic mass is 19.1. The third-order valence-corrected chi connectivity index (χ3v) is 5.72. The van der Waals surface area contributed by atoms with Crippen LogP contribution in [0.15, 0.2) is 23.2 Å². The molecule has 1 aliphatic carbocycles. The Labute approximate surface area is 165 Å². The largest absolute Gasteiger partial charge is 0.356 e. The molecule has 2 fully saturated rings. The maximum absolute atomic E-state index is 13.7. The Morgan fingerprint density at radius 3 is 2.71 bits per heavy atom. The average molecular weight is 392 g/mol. The first-order valence-corrected chi connectivity index (χ1v) is 10.3. The SMILES string of the molecule is CN=C(NCCc1ccc(F)cc1F)NC1CCN(C(=O)C2CCCCC2)C1. The Morgan fingerprint density at radius 1 is 1.21 bits per heavy atom. The van der Waals surface area contributed by atoms with Gasteiger partial charge in [0.2, 0.25) is 5.91 Å². The maximum atomic E-state index is 13.7. The second kappa shape index (κ2) is 9.85. The van der Waals surface area contributed by atoms with E-state index in [0.29, 0.717) is 36.9 Å². The zero-order chi connectivity index (χ0) is 19.9. The van der Waals surface area contributed by atoms with Gasteiger partial charge in [0, 0.05) is 44.7 Å². The van der Waals surface area contributed by atoms with Crippen molar-refractivity contribution in [3.63, 3.8) is 0 Å². The number of rotatable bonds is 5. The maximum Gasteiger partial charge on any atom is 0.225 e.